The average molecular weight is 284 g/mol. The normalized spacial score (nSPS) is 13.4. The Morgan fingerprint density at radius 2 is 2.00 bits per heavy atom. The highest BCUT2D eigenvalue weighted by Crippen LogP contribution is 2.32. The zero-order valence-electron chi connectivity index (χ0n) is 10.9. The number of nitrogens with zero attached hydrogens (tertiary/aromatic N) is 1. The summed E-state index contributed by atoms with van der Waals surface area (Å²) in [5.41, 5.74) is 5.66. The van der Waals surface area contributed by atoms with E-state index in [0.29, 0.717) is 12.2 Å². The van der Waals surface area contributed by atoms with Gasteiger partial charge in [0.05, 0.1) is 11.3 Å². The number of halogens is 3. The van der Waals surface area contributed by atoms with Crippen LogP contribution in [-0.2, 0) is 12.6 Å². The van der Waals surface area contributed by atoms with Crippen molar-refractivity contribution in [1.82, 2.24) is 4.98 Å². The van der Waals surface area contributed by atoms with Crippen molar-refractivity contribution < 1.29 is 17.6 Å². The number of nitrogens with two attached hydrogens (primary N) is 1. The second-order valence-corrected chi connectivity index (χ2v) is 4.63. The minimum absolute atomic E-state index is 0.00692. The van der Waals surface area contributed by atoms with Gasteiger partial charge in [-0.3, -0.25) is 0 Å². The molecule has 1 aromatic carbocycles. The van der Waals surface area contributed by atoms with Crippen molar-refractivity contribution in [2.45, 2.75) is 25.4 Å². The van der Waals surface area contributed by atoms with Crippen LogP contribution in [0.3, 0.4) is 0 Å². The fourth-order valence-corrected chi connectivity index (χ4v) is 1.87. The van der Waals surface area contributed by atoms with Crippen molar-refractivity contribution in [2.24, 2.45) is 5.73 Å². The van der Waals surface area contributed by atoms with Crippen LogP contribution in [0.4, 0.5) is 13.2 Å². The van der Waals surface area contributed by atoms with Crippen molar-refractivity contribution in [2.75, 3.05) is 6.54 Å². The van der Waals surface area contributed by atoms with Gasteiger partial charge in [0, 0.05) is 18.9 Å². The maximum absolute atomic E-state index is 12.9. The molecule has 1 atom stereocenters. The lowest BCUT2D eigenvalue weighted by atomic mass is 10.0. The molecule has 1 heterocycles. The summed E-state index contributed by atoms with van der Waals surface area (Å²) in [5.74, 6) is 0.280. The van der Waals surface area contributed by atoms with E-state index in [4.69, 9.17) is 10.2 Å². The van der Waals surface area contributed by atoms with Crippen LogP contribution in [0.2, 0.25) is 0 Å². The molecular formula is C14H15F3N2O. The van der Waals surface area contributed by atoms with Gasteiger partial charge in [0.15, 0.2) is 5.89 Å². The van der Waals surface area contributed by atoms with Gasteiger partial charge in [-0.25, -0.2) is 4.98 Å². The largest absolute Gasteiger partial charge is 0.448 e. The first-order valence-electron chi connectivity index (χ1n) is 6.21. The zero-order valence-corrected chi connectivity index (χ0v) is 10.9. The minimum Gasteiger partial charge on any atom is -0.448 e. The molecule has 0 bridgehead atoms. The Hall–Kier alpha value is -1.82. The van der Waals surface area contributed by atoms with Gasteiger partial charge in [-0.1, -0.05) is 25.1 Å². The molecule has 6 heteroatoms. The third-order valence-corrected chi connectivity index (χ3v) is 3.09. The Kier molecular flexibility index (Phi) is 4.13. The number of alkyl halides is 3. The molecule has 1 aromatic heterocycles. The number of rotatable bonds is 4. The Bertz CT molecular complexity index is 578. The number of aromatic nitrogens is 1. The minimum atomic E-state index is -4.38. The van der Waals surface area contributed by atoms with Crippen molar-refractivity contribution >= 4 is 0 Å². The van der Waals surface area contributed by atoms with E-state index < -0.39 is 11.7 Å². The molecule has 0 aliphatic heterocycles. The van der Waals surface area contributed by atoms with Crippen molar-refractivity contribution in [3.63, 3.8) is 0 Å². The lowest BCUT2D eigenvalue weighted by Crippen LogP contribution is -2.10. The third kappa shape index (κ3) is 3.19. The molecule has 2 aromatic rings. The van der Waals surface area contributed by atoms with Crippen LogP contribution in [0.1, 0.15) is 35.6 Å². The summed E-state index contributed by atoms with van der Waals surface area (Å²) < 4.78 is 43.8. The SMILES string of the molecule is CC(CN)c1coc(Cc2ccccc2C(F)(F)F)n1. The van der Waals surface area contributed by atoms with E-state index in [1.165, 1.54) is 18.4 Å². The van der Waals surface area contributed by atoms with Crippen LogP contribution in [0.25, 0.3) is 0 Å². The van der Waals surface area contributed by atoms with Crippen LogP contribution in [0.15, 0.2) is 34.9 Å². The van der Waals surface area contributed by atoms with Crippen LogP contribution >= 0.6 is 0 Å². The number of hydrogen-bond acceptors (Lipinski definition) is 3. The molecular weight excluding hydrogens is 269 g/mol. The molecule has 0 saturated heterocycles. The second kappa shape index (κ2) is 5.66. The molecule has 1 unspecified atom stereocenters. The highest BCUT2D eigenvalue weighted by atomic mass is 19.4. The third-order valence-electron chi connectivity index (χ3n) is 3.09. The van der Waals surface area contributed by atoms with E-state index in [2.05, 4.69) is 4.98 Å². The number of oxazole rings is 1. The first kappa shape index (κ1) is 14.6. The molecule has 2 N–H and O–H groups in total. The predicted molar refractivity (Wildman–Crippen MR) is 68.2 cm³/mol. The molecule has 0 radical (unpaired) electrons. The van der Waals surface area contributed by atoms with Crippen LogP contribution in [0, 0.1) is 0 Å². The molecule has 20 heavy (non-hydrogen) atoms. The summed E-state index contributed by atoms with van der Waals surface area (Å²) in [6.45, 7) is 2.29. The van der Waals surface area contributed by atoms with E-state index in [9.17, 15) is 13.2 Å². The van der Waals surface area contributed by atoms with E-state index >= 15 is 0 Å². The van der Waals surface area contributed by atoms with Gasteiger partial charge in [-0.2, -0.15) is 13.2 Å². The summed E-state index contributed by atoms with van der Waals surface area (Å²) in [7, 11) is 0. The smallest absolute Gasteiger partial charge is 0.416 e. The predicted octanol–water partition coefficient (Wildman–Crippen LogP) is 3.35. The molecule has 0 aliphatic carbocycles. The van der Waals surface area contributed by atoms with E-state index in [1.54, 1.807) is 6.07 Å². The van der Waals surface area contributed by atoms with E-state index in [1.807, 2.05) is 6.92 Å². The van der Waals surface area contributed by atoms with Crippen LogP contribution in [-0.4, -0.2) is 11.5 Å². The summed E-state index contributed by atoms with van der Waals surface area (Å²) in [6, 6.07) is 5.42. The molecule has 0 amide bonds. The quantitative estimate of drug-likeness (QED) is 0.936. The summed E-state index contributed by atoms with van der Waals surface area (Å²) >= 11 is 0. The monoisotopic (exact) mass is 284 g/mol. The highest BCUT2D eigenvalue weighted by Gasteiger charge is 2.33. The van der Waals surface area contributed by atoms with Crippen molar-refractivity contribution in [1.29, 1.82) is 0 Å². The van der Waals surface area contributed by atoms with Gasteiger partial charge < -0.3 is 10.2 Å². The van der Waals surface area contributed by atoms with Gasteiger partial charge in [-0.05, 0) is 11.6 Å². The molecule has 108 valence electrons. The zero-order chi connectivity index (χ0) is 14.8. The maximum Gasteiger partial charge on any atom is 0.416 e. The van der Waals surface area contributed by atoms with Gasteiger partial charge in [0.2, 0.25) is 0 Å². The molecule has 3 nitrogen and oxygen atoms in total. The van der Waals surface area contributed by atoms with Gasteiger partial charge >= 0.3 is 6.18 Å². The van der Waals surface area contributed by atoms with Crippen LogP contribution < -0.4 is 5.73 Å². The van der Waals surface area contributed by atoms with Gasteiger partial charge in [0.1, 0.15) is 6.26 Å². The summed E-state index contributed by atoms with van der Waals surface area (Å²) in [6.07, 6.45) is -2.92. The number of hydrogen-bond donors (Lipinski definition) is 1. The highest BCUT2D eigenvalue weighted by molar-refractivity contribution is 5.31. The molecule has 0 spiro atoms. The topological polar surface area (TPSA) is 52.0 Å². The molecule has 2 rings (SSSR count). The summed E-state index contributed by atoms with van der Waals surface area (Å²) in [4.78, 5) is 4.19. The van der Waals surface area contributed by atoms with Crippen LogP contribution in [0.5, 0.6) is 0 Å². The Balaban J connectivity index is 2.25. The standard InChI is InChI=1S/C14H15F3N2O/c1-9(7-18)12-8-20-13(19-12)6-10-4-2-3-5-11(10)14(15,16)17/h2-5,8-9H,6-7,18H2,1H3. The van der Waals surface area contributed by atoms with Crippen molar-refractivity contribution in [3.8, 4) is 0 Å². The summed E-state index contributed by atoms with van der Waals surface area (Å²) in [5, 5.41) is 0. The molecule has 0 saturated carbocycles. The second-order valence-electron chi connectivity index (χ2n) is 4.63. The van der Waals surface area contributed by atoms with E-state index in [-0.39, 0.29) is 23.8 Å². The van der Waals surface area contributed by atoms with E-state index in [0.717, 1.165) is 6.07 Å². The lowest BCUT2D eigenvalue weighted by Gasteiger charge is -2.11. The first-order valence-corrected chi connectivity index (χ1v) is 6.21. The Morgan fingerprint density at radius 1 is 1.30 bits per heavy atom. The Labute approximate surface area is 114 Å². The fourth-order valence-electron chi connectivity index (χ4n) is 1.87. The maximum atomic E-state index is 12.9. The van der Waals surface area contributed by atoms with Gasteiger partial charge in [-0.15, -0.1) is 0 Å². The molecule has 0 fully saturated rings. The Morgan fingerprint density at radius 3 is 2.65 bits per heavy atom. The lowest BCUT2D eigenvalue weighted by molar-refractivity contribution is -0.138. The fraction of sp³-hybridized carbons (Fsp3) is 0.357. The van der Waals surface area contributed by atoms with Gasteiger partial charge in [0.25, 0.3) is 0 Å². The van der Waals surface area contributed by atoms with Crippen molar-refractivity contribution in [3.05, 3.63) is 53.2 Å². The average Bonchev–Trinajstić information content (AvgIpc) is 2.86. The molecule has 0 aliphatic rings. The first-order chi connectivity index (χ1) is 9.41. The number of benzene rings is 1.